The molecule has 2 aromatic rings. The van der Waals surface area contributed by atoms with Gasteiger partial charge in [-0.1, -0.05) is 6.92 Å². The van der Waals surface area contributed by atoms with Crippen molar-refractivity contribution in [1.29, 1.82) is 0 Å². The van der Waals surface area contributed by atoms with Crippen molar-refractivity contribution >= 4 is 47.2 Å². The van der Waals surface area contributed by atoms with Crippen LogP contribution >= 0.6 is 36.2 Å². The Bertz CT molecular complexity index is 704. The average Bonchev–Trinajstić information content (AvgIpc) is 3.13. The number of rotatable bonds is 5. The SMILES string of the molecule is CCN1CCc2nc(NC(=O)C(NC)c3cnn(C)c3)sc2C1.Cl.Cl. The van der Waals surface area contributed by atoms with Gasteiger partial charge in [-0.05, 0) is 13.6 Å². The molecule has 10 heteroatoms. The number of hydrogen-bond donors (Lipinski definition) is 2. The molecule has 2 N–H and O–H groups in total. The number of fused-ring (bicyclic) bond motifs is 1. The first-order valence-corrected chi connectivity index (χ1v) is 8.60. The zero-order valence-electron chi connectivity index (χ0n) is 14.5. The predicted octanol–water partition coefficient (Wildman–Crippen LogP) is 2.00. The molecule has 1 aliphatic rings. The van der Waals surface area contributed by atoms with E-state index < -0.39 is 6.04 Å². The maximum Gasteiger partial charge on any atom is 0.247 e. The van der Waals surface area contributed by atoms with Crippen LogP contribution in [0.5, 0.6) is 0 Å². The second kappa shape index (κ2) is 9.49. The molecule has 1 unspecified atom stereocenters. The Morgan fingerprint density at radius 2 is 2.20 bits per heavy atom. The highest BCUT2D eigenvalue weighted by atomic mass is 35.5. The Morgan fingerprint density at radius 3 is 2.80 bits per heavy atom. The lowest BCUT2D eigenvalue weighted by molar-refractivity contribution is -0.118. The molecule has 0 saturated carbocycles. The van der Waals surface area contributed by atoms with Crippen LogP contribution in [0.1, 0.15) is 29.1 Å². The predicted molar refractivity (Wildman–Crippen MR) is 105 cm³/mol. The maximum absolute atomic E-state index is 12.5. The number of thiazole rings is 1. The van der Waals surface area contributed by atoms with Crippen molar-refractivity contribution in [1.82, 2.24) is 25.0 Å². The average molecular weight is 407 g/mol. The van der Waals surface area contributed by atoms with Crippen molar-refractivity contribution in [3.05, 3.63) is 28.5 Å². The van der Waals surface area contributed by atoms with Gasteiger partial charge in [-0.3, -0.25) is 14.4 Å². The highest BCUT2D eigenvalue weighted by Crippen LogP contribution is 2.28. The molecule has 140 valence electrons. The van der Waals surface area contributed by atoms with Gasteiger partial charge in [-0.25, -0.2) is 4.98 Å². The van der Waals surface area contributed by atoms with Crippen LogP contribution in [0.3, 0.4) is 0 Å². The van der Waals surface area contributed by atoms with Crippen molar-refractivity contribution in [2.24, 2.45) is 7.05 Å². The molecule has 3 heterocycles. The third kappa shape index (κ3) is 4.92. The summed E-state index contributed by atoms with van der Waals surface area (Å²) in [5, 5.41) is 10.8. The molecule has 2 aromatic heterocycles. The van der Waals surface area contributed by atoms with Crippen LogP contribution in [0.25, 0.3) is 0 Å². The molecule has 25 heavy (non-hydrogen) atoms. The number of anilines is 1. The first-order valence-electron chi connectivity index (χ1n) is 7.78. The van der Waals surface area contributed by atoms with Crippen LogP contribution in [0.2, 0.25) is 0 Å². The van der Waals surface area contributed by atoms with E-state index in [1.807, 2.05) is 13.2 Å². The monoisotopic (exact) mass is 406 g/mol. The molecule has 1 atom stereocenters. The number of carbonyl (C=O) groups excluding carboxylic acids is 1. The molecule has 0 radical (unpaired) electrons. The van der Waals surface area contributed by atoms with Gasteiger partial charge in [0.05, 0.1) is 11.9 Å². The number of nitrogens with one attached hydrogen (secondary N) is 2. The Morgan fingerprint density at radius 1 is 1.44 bits per heavy atom. The molecule has 0 fully saturated rings. The van der Waals surface area contributed by atoms with Crippen molar-refractivity contribution in [3.8, 4) is 0 Å². The minimum absolute atomic E-state index is 0. The molecule has 1 aliphatic heterocycles. The normalized spacial score (nSPS) is 14.8. The van der Waals surface area contributed by atoms with E-state index in [0.29, 0.717) is 5.13 Å². The quantitative estimate of drug-likeness (QED) is 0.793. The summed E-state index contributed by atoms with van der Waals surface area (Å²) in [5.74, 6) is -0.112. The zero-order chi connectivity index (χ0) is 16.4. The topological polar surface area (TPSA) is 75.1 Å². The fourth-order valence-corrected chi connectivity index (χ4v) is 3.84. The summed E-state index contributed by atoms with van der Waals surface area (Å²) >= 11 is 1.58. The van der Waals surface area contributed by atoms with Crippen molar-refractivity contribution in [2.75, 3.05) is 25.5 Å². The molecule has 7 nitrogen and oxygen atoms in total. The van der Waals surface area contributed by atoms with E-state index in [-0.39, 0.29) is 30.7 Å². The fraction of sp³-hybridized carbons (Fsp3) is 0.533. The number of likely N-dealkylation sites (N-methyl/N-ethyl adjacent to an activating group) is 2. The molecular weight excluding hydrogens is 383 g/mol. The number of carbonyl (C=O) groups is 1. The Hall–Kier alpha value is -1.19. The summed E-state index contributed by atoms with van der Waals surface area (Å²) in [6, 6.07) is -0.434. The standard InChI is InChI=1S/C15H22N6OS.2ClH/c1-4-21-6-5-11-12(9-21)23-15(18-11)19-14(22)13(16-2)10-7-17-20(3)8-10;;/h7-8,13,16H,4-6,9H2,1-3H3,(H,18,19,22);2*1H. The van der Waals surface area contributed by atoms with E-state index in [4.69, 9.17) is 0 Å². The molecule has 0 spiro atoms. The third-order valence-electron chi connectivity index (χ3n) is 4.10. The van der Waals surface area contributed by atoms with Gasteiger partial charge in [0.15, 0.2) is 5.13 Å². The van der Waals surface area contributed by atoms with Crippen LogP contribution < -0.4 is 10.6 Å². The van der Waals surface area contributed by atoms with Gasteiger partial charge in [0, 0.05) is 43.2 Å². The number of hydrogen-bond acceptors (Lipinski definition) is 6. The number of nitrogens with zero attached hydrogens (tertiary/aromatic N) is 4. The lowest BCUT2D eigenvalue weighted by Gasteiger charge is -2.23. The highest BCUT2D eigenvalue weighted by molar-refractivity contribution is 7.15. The Kier molecular flexibility index (Phi) is 8.30. The molecular formula is C15H24Cl2N6OS. The smallest absolute Gasteiger partial charge is 0.247 e. The molecule has 0 aliphatic carbocycles. The van der Waals surface area contributed by atoms with Crippen LogP contribution in [0.4, 0.5) is 5.13 Å². The van der Waals surface area contributed by atoms with Crippen LogP contribution in [-0.2, 0) is 24.8 Å². The number of amides is 1. The van der Waals surface area contributed by atoms with Gasteiger partial charge in [-0.2, -0.15) is 5.10 Å². The summed E-state index contributed by atoms with van der Waals surface area (Å²) in [7, 11) is 3.60. The van der Waals surface area contributed by atoms with Crippen molar-refractivity contribution in [2.45, 2.75) is 25.9 Å². The van der Waals surface area contributed by atoms with E-state index in [1.165, 1.54) is 4.88 Å². The van der Waals surface area contributed by atoms with Gasteiger partial charge < -0.3 is 10.6 Å². The summed E-state index contributed by atoms with van der Waals surface area (Å²) in [5.41, 5.74) is 1.96. The molecule has 3 rings (SSSR count). The lowest BCUT2D eigenvalue weighted by atomic mass is 10.1. The summed E-state index contributed by atoms with van der Waals surface area (Å²) < 4.78 is 1.69. The highest BCUT2D eigenvalue weighted by Gasteiger charge is 2.24. The first-order chi connectivity index (χ1) is 11.1. The van der Waals surface area contributed by atoms with E-state index in [0.717, 1.165) is 37.3 Å². The van der Waals surface area contributed by atoms with Gasteiger partial charge in [0.25, 0.3) is 0 Å². The van der Waals surface area contributed by atoms with E-state index in [1.54, 1.807) is 29.3 Å². The summed E-state index contributed by atoms with van der Waals surface area (Å²) in [6.45, 7) is 5.18. The van der Waals surface area contributed by atoms with Crippen LogP contribution in [0.15, 0.2) is 12.4 Å². The van der Waals surface area contributed by atoms with Crippen molar-refractivity contribution in [3.63, 3.8) is 0 Å². The second-order valence-electron chi connectivity index (χ2n) is 5.67. The first kappa shape index (κ1) is 21.9. The molecule has 0 aromatic carbocycles. The Labute approximate surface area is 164 Å². The van der Waals surface area contributed by atoms with Gasteiger partial charge in [0.1, 0.15) is 6.04 Å². The van der Waals surface area contributed by atoms with E-state index in [2.05, 4.69) is 32.5 Å². The fourth-order valence-electron chi connectivity index (χ4n) is 2.79. The summed E-state index contributed by atoms with van der Waals surface area (Å²) in [4.78, 5) is 20.8. The van der Waals surface area contributed by atoms with Gasteiger partial charge in [0.2, 0.25) is 5.91 Å². The van der Waals surface area contributed by atoms with Crippen LogP contribution in [0, 0.1) is 0 Å². The third-order valence-corrected chi connectivity index (χ3v) is 5.09. The maximum atomic E-state index is 12.5. The largest absolute Gasteiger partial charge is 0.305 e. The minimum Gasteiger partial charge on any atom is -0.305 e. The summed E-state index contributed by atoms with van der Waals surface area (Å²) in [6.07, 6.45) is 4.49. The van der Waals surface area contributed by atoms with Gasteiger partial charge >= 0.3 is 0 Å². The number of aryl methyl sites for hydroxylation is 1. The zero-order valence-corrected chi connectivity index (χ0v) is 16.9. The van der Waals surface area contributed by atoms with Gasteiger partial charge in [-0.15, -0.1) is 36.2 Å². The van der Waals surface area contributed by atoms with E-state index in [9.17, 15) is 4.79 Å². The van der Waals surface area contributed by atoms with Crippen LogP contribution in [-0.4, -0.2) is 45.7 Å². The molecule has 0 bridgehead atoms. The van der Waals surface area contributed by atoms with E-state index >= 15 is 0 Å². The number of aromatic nitrogens is 3. The molecule has 1 amide bonds. The second-order valence-corrected chi connectivity index (χ2v) is 6.75. The minimum atomic E-state index is -0.434. The number of halogens is 2. The lowest BCUT2D eigenvalue weighted by Crippen LogP contribution is -2.30. The van der Waals surface area contributed by atoms with Crippen molar-refractivity contribution < 1.29 is 4.79 Å². The Balaban J connectivity index is 0.00000156. The molecule has 0 saturated heterocycles.